The van der Waals surface area contributed by atoms with E-state index in [0.29, 0.717) is 0 Å². The van der Waals surface area contributed by atoms with Crippen LogP contribution in [0, 0.1) is 0 Å². The van der Waals surface area contributed by atoms with Gasteiger partial charge in [-0.05, 0) is 5.56 Å². The Morgan fingerprint density at radius 3 is 2.38 bits per heavy atom. The van der Waals surface area contributed by atoms with E-state index in [4.69, 9.17) is 4.74 Å². The summed E-state index contributed by atoms with van der Waals surface area (Å²) in [5.41, 5.74) is 0.798. The van der Waals surface area contributed by atoms with Crippen LogP contribution in [0.3, 0.4) is 0 Å². The van der Waals surface area contributed by atoms with E-state index in [2.05, 4.69) is 5.32 Å². The summed E-state index contributed by atoms with van der Waals surface area (Å²) in [6.07, 6.45) is -0.809. The van der Waals surface area contributed by atoms with E-state index in [-0.39, 0.29) is 6.61 Å². The standard InChI is InChI=1S/C12H17N3O5S/c1-15(2)21(18,19)14-11(16)8-13-12(17)20-9-10-6-4-3-5-7-10/h3-7H,8-9H2,1-2H3,(H,13,17)(H,14,16). The molecule has 0 radical (unpaired) electrons. The maximum Gasteiger partial charge on any atom is 0.407 e. The molecular formula is C12H17N3O5S. The number of hydrogen-bond acceptors (Lipinski definition) is 5. The van der Waals surface area contributed by atoms with E-state index in [0.717, 1.165) is 9.87 Å². The van der Waals surface area contributed by atoms with Crippen molar-refractivity contribution in [2.45, 2.75) is 6.61 Å². The Hall–Kier alpha value is -2.13. The van der Waals surface area contributed by atoms with E-state index < -0.39 is 28.8 Å². The number of carbonyl (C=O) groups excluding carboxylic acids is 2. The van der Waals surface area contributed by atoms with Gasteiger partial charge < -0.3 is 10.1 Å². The van der Waals surface area contributed by atoms with Crippen LogP contribution in [0.15, 0.2) is 30.3 Å². The summed E-state index contributed by atoms with van der Waals surface area (Å²) in [7, 11) is -1.31. The molecule has 2 amide bonds. The Morgan fingerprint density at radius 2 is 1.81 bits per heavy atom. The Morgan fingerprint density at radius 1 is 1.19 bits per heavy atom. The molecule has 1 aromatic rings. The summed E-state index contributed by atoms with van der Waals surface area (Å²) in [6.45, 7) is -0.440. The van der Waals surface area contributed by atoms with Crippen LogP contribution in [0.5, 0.6) is 0 Å². The zero-order chi connectivity index (χ0) is 15.9. The second-order valence-electron chi connectivity index (χ2n) is 4.23. The predicted octanol–water partition coefficient (Wildman–Crippen LogP) is -0.165. The summed E-state index contributed by atoms with van der Waals surface area (Å²) in [4.78, 5) is 22.7. The van der Waals surface area contributed by atoms with Crippen LogP contribution in [-0.2, 0) is 26.3 Å². The molecule has 9 heteroatoms. The fourth-order valence-corrected chi connectivity index (χ4v) is 1.74. The number of nitrogens with zero attached hydrogens (tertiary/aromatic N) is 1. The molecule has 0 atom stereocenters. The second-order valence-corrected chi connectivity index (χ2v) is 6.11. The van der Waals surface area contributed by atoms with Crippen molar-refractivity contribution in [1.29, 1.82) is 0 Å². The van der Waals surface area contributed by atoms with E-state index >= 15 is 0 Å². The van der Waals surface area contributed by atoms with E-state index in [1.807, 2.05) is 6.07 Å². The lowest BCUT2D eigenvalue weighted by atomic mass is 10.2. The van der Waals surface area contributed by atoms with Crippen molar-refractivity contribution in [2.24, 2.45) is 0 Å². The van der Waals surface area contributed by atoms with Gasteiger partial charge in [0.25, 0.3) is 5.91 Å². The fraction of sp³-hybridized carbons (Fsp3) is 0.333. The third-order valence-corrected chi connectivity index (χ3v) is 3.78. The van der Waals surface area contributed by atoms with Crippen LogP contribution in [0.1, 0.15) is 5.56 Å². The van der Waals surface area contributed by atoms with Crippen LogP contribution in [0.2, 0.25) is 0 Å². The van der Waals surface area contributed by atoms with Crippen molar-refractivity contribution in [3.05, 3.63) is 35.9 Å². The third kappa shape index (κ3) is 6.23. The Balaban J connectivity index is 2.32. The minimum Gasteiger partial charge on any atom is -0.445 e. The van der Waals surface area contributed by atoms with Gasteiger partial charge in [-0.2, -0.15) is 12.7 Å². The van der Waals surface area contributed by atoms with Crippen LogP contribution in [0.4, 0.5) is 4.79 Å². The number of ether oxygens (including phenoxy) is 1. The van der Waals surface area contributed by atoms with Gasteiger partial charge in [0, 0.05) is 14.1 Å². The van der Waals surface area contributed by atoms with Crippen molar-refractivity contribution in [2.75, 3.05) is 20.6 Å². The van der Waals surface area contributed by atoms with Crippen LogP contribution in [-0.4, -0.2) is 45.4 Å². The summed E-state index contributed by atoms with van der Waals surface area (Å²) in [5, 5.41) is 2.16. The number of carbonyl (C=O) groups is 2. The van der Waals surface area contributed by atoms with Crippen LogP contribution >= 0.6 is 0 Å². The zero-order valence-electron chi connectivity index (χ0n) is 11.7. The maximum absolute atomic E-state index is 11.4. The highest BCUT2D eigenvalue weighted by molar-refractivity contribution is 7.87. The van der Waals surface area contributed by atoms with Gasteiger partial charge in [0.15, 0.2) is 0 Å². The Bertz CT molecular complexity index is 586. The van der Waals surface area contributed by atoms with Gasteiger partial charge in [-0.15, -0.1) is 0 Å². The molecule has 0 aliphatic heterocycles. The third-order valence-electron chi connectivity index (χ3n) is 2.33. The predicted molar refractivity (Wildman–Crippen MR) is 75.4 cm³/mol. The second kappa shape index (κ2) is 7.60. The zero-order valence-corrected chi connectivity index (χ0v) is 12.5. The van der Waals surface area contributed by atoms with E-state index in [9.17, 15) is 18.0 Å². The number of nitrogens with one attached hydrogen (secondary N) is 2. The molecule has 2 N–H and O–H groups in total. The molecule has 0 saturated carbocycles. The highest BCUT2D eigenvalue weighted by Crippen LogP contribution is 2.00. The molecule has 0 aromatic heterocycles. The molecule has 0 aliphatic rings. The van der Waals surface area contributed by atoms with E-state index in [1.54, 1.807) is 29.0 Å². The number of benzene rings is 1. The summed E-state index contributed by atoms with van der Waals surface area (Å²) in [5.74, 6) is -0.861. The van der Waals surface area contributed by atoms with Crippen molar-refractivity contribution < 1.29 is 22.7 Å². The molecule has 0 spiro atoms. The smallest absolute Gasteiger partial charge is 0.407 e. The van der Waals surface area contributed by atoms with Gasteiger partial charge in [0.2, 0.25) is 0 Å². The summed E-state index contributed by atoms with van der Waals surface area (Å²) in [6, 6.07) is 9.00. The first kappa shape index (κ1) is 16.9. The minimum absolute atomic E-state index is 0.0598. The molecule has 0 fully saturated rings. The molecule has 0 saturated heterocycles. The van der Waals surface area contributed by atoms with Gasteiger partial charge in [-0.3, -0.25) is 4.79 Å². The Labute approximate surface area is 123 Å². The molecule has 0 bridgehead atoms. The van der Waals surface area contributed by atoms with E-state index in [1.165, 1.54) is 14.1 Å². The van der Waals surface area contributed by atoms with Crippen molar-refractivity contribution in [3.8, 4) is 0 Å². The molecule has 1 rings (SSSR count). The molecule has 116 valence electrons. The highest BCUT2D eigenvalue weighted by atomic mass is 32.2. The first-order valence-corrected chi connectivity index (χ1v) is 7.43. The monoisotopic (exact) mass is 315 g/mol. The molecule has 0 aliphatic carbocycles. The van der Waals surface area contributed by atoms with Crippen LogP contribution in [0.25, 0.3) is 0 Å². The average molecular weight is 315 g/mol. The van der Waals surface area contributed by atoms with Crippen molar-refractivity contribution >= 4 is 22.2 Å². The summed E-state index contributed by atoms with van der Waals surface area (Å²) < 4.78 is 30.2. The van der Waals surface area contributed by atoms with Gasteiger partial charge in [-0.25, -0.2) is 9.52 Å². The lowest BCUT2D eigenvalue weighted by molar-refractivity contribution is -0.118. The lowest BCUT2D eigenvalue weighted by Crippen LogP contribution is -2.44. The number of amides is 2. The first-order valence-electron chi connectivity index (χ1n) is 5.99. The molecule has 0 unspecified atom stereocenters. The molecule has 0 heterocycles. The van der Waals surface area contributed by atoms with Crippen molar-refractivity contribution in [3.63, 3.8) is 0 Å². The van der Waals surface area contributed by atoms with Gasteiger partial charge >= 0.3 is 16.3 Å². The molecule has 1 aromatic carbocycles. The first-order chi connectivity index (χ1) is 9.81. The fourth-order valence-electron chi connectivity index (χ4n) is 1.20. The number of hydrogen-bond donors (Lipinski definition) is 2. The lowest BCUT2D eigenvalue weighted by Gasteiger charge is -2.12. The summed E-state index contributed by atoms with van der Waals surface area (Å²) >= 11 is 0. The topological polar surface area (TPSA) is 105 Å². The number of rotatable bonds is 6. The maximum atomic E-state index is 11.4. The molecule has 21 heavy (non-hydrogen) atoms. The average Bonchev–Trinajstić information content (AvgIpc) is 2.43. The minimum atomic E-state index is -3.86. The van der Waals surface area contributed by atoms with Gasteiger partial charge in [0.1, 0.15) is 13.2 Å². The normalized spacial score (nSPS) is 11.0. The molecule has 8 nitrogen and oxygen atoms in total. The largest absolute Gasteiger partial charge is 0.445 e. The Kier molecular flexibility index (Phi) is 6.12. The van der Waals surface area contributed by atoms with Gasteiger partial charge in [-0.1, -0.05) is 30.3 Å². The molecular weight excluding hydrogens is 298 g/mol. The number of alkyl carbamates (subject to hydrolysis) is 1. The van der Waals surface area contributed by atoms with Gasteiger partial charge in [0.05, 0.1) is 0 Å². The SMILES string of the molecule is CN(C)S(=O)(=O)NC(=O)CNC(=O)OCc1ccccc1. The quantitative estimate of drug-likeness (QED) is 0.758. The van der Waals surface area contributed by atoms with Crippen LogP contribution < -0.4 is 10.0 Å². The highest BCUT2D eigenvalue weighted by Gasteiger charge is 2.17. The van der Waals surface area contributed by atoms with Crippen molar-refractivity contribution in [1.82, 2.24) is 14.3 Å².